The first-order chi connectivity index (χ1) is 6.24. The Bertz CT molecular complexity index is 447. The number of halogens is 2. The molecule has 0 fully saturated rings. The summed E-state index contributed by atoms with van der Waals surface area (Å²) in [6.07, 6.45) is 0. The molecular weight excluding hydrogens is 268 g/mol. The number of fused-ring (bicyclic) bond motifs is 1. The third-order valence-electron chi connectivity index (χ3n) is 2.11. The zero-order chi connectivity index (χ0) is 9.42. The number of rotatable bonds is 1. The molecule has 0 amide bonds. The van der Waals surface area contributed by atoms with Crippen LogP contribution in [0.3, 0.4) is 0 Å². The van der Waals surface area contributed by atoms with Crippen molar-refractivity contribution in [3.05, 3.63) is 33.7 Å². The largest absolute Gasteiger partial charge is 0.142 e. The van der Waals surface area contributed by atoms with Crippen LogP contribution in [0.2, 0.25) is 5.02 Å². The van der Waals surface area contributed by atoms with Crippen molar-refractivity contribution in [1.29, 1.82) is 0 Å². The third kappa shape index (κ3) is 1.51. The van der Waals surface area contributed by atoms with Gasteiger partial charge in [-0.05, 0) is 18.1 Å². The van der Waals surface area contributed by atoms with Crippen molar-refractivity contribution in [3.8, 4) is 0 Å². The minimum absolute atomic E-state index is 0.875. The molecule has 0 atom stereocenters. The summed E-state index contributed by atoms with van der Waals surface area (Å²) in [6.45, 7) is 2.10. The molecular formula is C10H8BrClS. The molecule has 0 unspecified atom stereocenters. The molecule has 2 rings (SSSR count). The van der Waals surface area contributed by atoms with Crippen LogP contribution in [-0.2, 0) is 5.33 Å². The Morgan fingerprint density at radius 2 is 2.23 bits per heavy atom. The maximum Gasteiger partial charge on any atom is 0.0594 e. The Balaban J connectivity index is 2.87. The molecule has 3 heteroatoms. The minimum atomic E-state index is 0.875. The van der Waals surface area contributed by atoms with E-state index in [0.29, 0.717) is 0 Å². The third-order valence-corrected chi connectivity index (χ3v) is 4.20. The SMILES string of the molecule is Cc1ccc(CBr)c2scc(Cl)c12. The Morgan fingerprint density at radius 1 is 1.46 bits per heavy atom. The average Bonchev–Trinajstić information content (AvgIpc) is 2.50. The Labute approximate surface area is 94.7 Å². The summed E-state index contributed by atoms with van der Waals surface area (Å²) in [4.78, 5) is 0. The summed E-state index contributed by atoms with van der Waals surface area (Å²) in [5.74, 6) is 0. The van der Waals surface area contributed by atoms with Crippen molar-refractivity contribution < 1.29 is 0 Å². The molecule has 0 aliphatic heterocycles. The van der Waals surface area contributed by atoms with Gasteiger partial charge in [0, 0.05) is 20.8 Å². The lowest BCUT2D eigenvalue weighted by Gasteiger charge is -2.01. The second-order valence-corrected chi connectivity index (χ2v) is 4.81. The first-order valence-corrected chi connectivity index (χ1v) is 6.33. The van der Waals surface area contributed by atoms with Gasteiger partial charge in [0.05, 0.1) is 5.02 Å². The Kier molecular flexibility index (Phi) is 2.63. The molecule has 0 radical (unpaired) electrons. The van der Waals surface area contributed by atoms with Gasteiger partial charge in [-0.1, -0.05) is 39.7 Å². The van der Waals surface area contributed by atoms with Crippen LogP contribution in [0.5, 0.6) is 0 Å². The highest BCUT2D eigenvalue weighted by Crippen LogP contribution is 2.35. The van der Waals surface area contributed by atoms with Gasteiger partial charge in [-0.2, -0.15) is 0 Å². The van der Waals surface area contributed by atoms with E-state index in [1.54, 1.807) is 11.3 Å². The van der Waals surface area contributed by atoms with Gasteiger partial charge in [0.15, 0.2) is 0 Å². The molecule has 0 saturated heterocycles. The summed E-state index contributed by atoms with van der Waals surface area (Å²) in [5, 5.41) is 4.98. The molecule has 0 aliphatic carbocycles. The first-order valence-electron chi connectivity index (χ1n) is 3.95. The topological polar surface area (TPSA) is 0 Å². The molecule has 2 aromatic rings. The van der Waals surface area contributed by atoms with E-state index in [2.05, 4.69) is 35.0 Å². The summed E-state index contributed by atoms with van der Waals surface area (Å²) in [6, 6.07) is 4.27. The molecule has 1 heterocycles. The van der Waals surface area contributed by atoms with Crippen molar-refractivity contribution >= 4 is 49.0 Å². The molecule has 0 saturated carbocycles. The van der Waals surface area contributed by atoms with Crippen LogP contribution < -0.4 is 0 Å². The normalized spacial score (nSPS) is 11.0. The summed E-state index contributed by atoms with van der Waals surface area (Å²) >= 11 is 11.3. The van der Waals surface area contributed by atoms with Crippen LogP contribution in [0.15, 0.2) is 17.5 Å². The molecule has 1 aromatic carbocycles. The standard InChI is InChI=1S/C10H8BrClS/c1-6-2-3-7(4-11)10-9(6)8(12)5-13-10/h2-3,5H,4H2,1H3. The zero-order valence-electron chi connectivity index (χ0n) is 7.10. The van der Waals surface area contributed by atoms with Crippen LogP contribution in [-0.4, -0.2) is 0 Å². The zero-order valence-corrected chi connectivity index (χ0v) is 10.3. The van der Waals surface area contributed by atoms with Crippen molar-refractivity contribution in [2.75, 3.05) is 0 Å². The number of hydrogen-bond donors (Lipinski definition) is 0. The van der Waals surface area contributed by atoms with Gasteiger partial charge in [-0.25, -0.2) is 0 Å². The number of aryl methyl sites for hydroxylation is 1. The van der Waals surface area contributed by atoms with Gasteiger partial charge >= 0.3 is 0 Å². The molecule has 0 aliphatic rings. The maximum absolute atomic E-state index is 6.10. The smallest absolute Gasteiger partial charge is 0.0594 e. The van der Waals surface area contributed by atoms with E-state index in [-0.39, 0.29) is 0 Å². The van der Waals surface area contributed by atoms with Crippen molar-refractivity contribution in [3.63, 3.8) is 0 Å². The van der Waals surface area contributed by atoms with Crippen molar-refractivity contribution in [1.82, 2.24) is 0 Å². The molecule has 1 aromatic heterocycles. The fourth-order valence-corrected chi connectivity index (χ4v) is 3.54. The highest BCUT2D eigenvalue weighted by molar-refractivity contribution is 9.08. The van der Waals surface area contributed by atoms with Gasteiger partial charge in [0.2, 0.25) is 0 Å². The molecule has 0 N–H and O–H groups in total. The average molecular weight is 276 g/mol. The van der Waals surface area contributed by atoms with Crippen LogP contribution in [0, 0.1) is 6.92 Å². The molecule has 0 spiro atoms. The Morgan fingerprint density at radius 3 is 2.92 bits per heavy atom. The van der Waals surface area contributed by atoms with E-state index >= 15 is 0 Å². The highest BCUT2D eigenvalue weighted by atomic mass is 79.9. The van der Waals surface area contributed by atoms with Crippen molar-refractivity contribution in [2.24, 2.45) is 0 Å². The van der Waals surface area contributed by atoms with Gasteiger partial charge < -0.3 is 0 Å². The highest BCUT2D eigenvalue weighted by Gasteiger charge is 2.07. The number of hydrogen-bond acceptors (Lipinski definition) is 1. The number of thiophene rings is 1. The first kappa shape index (κ1) is 9.50. The Hall–Kier alpha value is -0.0500. The van der Waals surface area contributed by atoms with Gasteiger partial charge in [-0.3, -0.25) is 0 Å². The molecule has 13 heavy (non-hydrogen) atoms. The van der Waals surface area contributed by atoms with Crippen molar-refractivity contribution in [2.45, 2.75) is 12.3 Å². The van der Waals surface area contributed by atoms with E-state index in [4.69, 9.17) is 11.6 Å². The predicted molar refractivity (Wildman–Crippen MR) is 64.2 cm³/mol. The fourth-order valence-electron chi connectivity index (χ4n) is 1.43. The van der Waals surface area contributed by atoms with E-state index in [1.807, 2.05) is 5.38 Å². The summed E-state index contributed by atoms with van der Waals surface area (Å²) in [7, 11) is 0. The maximum atomic E-state index is 6.10. The molecule has 68 valence electrons. The number of benzene rings is 1. The van der Waals surface area contributed by atoms with Crippen LogP contribution >= 0.6 is 38.9 Å². The lowest BCUT2D eigenvalue weighted by Crippen LogP contribution is -1.80. The van der Waals surface area contributed by atoms with E-state index in [1.165, 1.54) is 21.2 Å². The fraction of sp³-hybridized carbons (Fsp3) is 0.200. The lowest BCUT2D eigenvalue weighted by atomic mass is 10.1. The van der Waals surface area contributed by atoms with Crippen LogP contribution in [0.25, 0.3) is 10.1 Å². The van der Waals surface area contributed by atoms with E-state index < -0.39 is 0 Å². The molecule has 0 bridgehead atoms. The van der Waals surface area contributed by atoms with E-state index in [0.717, 1.165) is 10.4 Å². The second kappa shape index (κ2) is 3.60. The van der Waals surface area contributed by atoms with Crippen LogP contribution in [0.1, 0.15) is 11.1 Å². The second-order valence-electron chi connectivity index (χ2n) is 2.96. The van der Waals surface area contributed by atoms with Gasteiger partial charge in [0.1, 0.15) is 0 Å². The van der Waals surface area contributed by atoms with Gasteiger partial charge in [-0.15, -0.1) is 11.3 Å². The van der Waals surface area contributed by atoms with Gasteiger partial charge in [0.25, 0.3) is 0 Å². The van der Waals surface area contributed by atoms with Crippen LogP contribution in [0.4, 0.5) is 0 Å². The quantitative estimate of drug-likeness (QED) is 0.658. The number of alkyl halides is 1. The molecule has 0 nitrogen and oxygen atoms in total. The summed E-state index contributed by atoms with van der Waals surface area (Å²) < 4.78 is 1.31. The monoisotopic (exact) mass is 274 g/mol. The lowest BCUT2D eigenvalue weighted by molar-refractivity contribution is 1.46. The predicted octanol–water partition coefficient (Wildman–Crippen LogP) is 4.76. The van der Waals surface area contributed by atoms with E-state index in [9.17, 15) is 0 Å². The minimum Gasteiger partial charge on any atom is -0.142 e. The summed E-state index contributed by atoms with van der Waals surface area (Å²) in [5.41, 5.74) is 2.57.